The minimum Gasteiger partial charge on any atom is -0.451 e. The lowest BCUT2D eigenvalue weighted by molar-refractivity contribution is 0.0925. The van der Waals surface area contributed by atoms with Gasteiger partial charge in [0.05, 0.1) is 6.54 Å². The van der Waals surface area contributed by atoms with Crippen LogP contribution in [-0.4, -0.2) is 5.91 Å². The van der Waals surface area contributed by atoms with Crippen molar-refractivity contribution in [2.24, 2.45) is 0 Å². The van der Waals surface area contributed by atoms with Crippen molar-refractivity contribution >= 4 is 33.9 Å². The largest absolute Gasteiger partial charge is 0.451 e. The Balaban J connectivity index is 1.44. The van der Waals surface area contributed by atoms with Crippen molar-refractivity contribution in [1.29, 1.82) is 0 Å². The van der Waals surface area contributed by atoms with Crippen molar-refractivity contribution in [2.45, 2.75) is 13.1 Å². The van der Waals surface area contributed by atoms with Crippen molar-refractivity contribution in [2.75, 3.05) is 5.32 Å². The maximum absolute atomic E-state index is 12.3. The summed E-state index contributed by atoms with van der Waals surface area (Å²) in [4.78, 5) is 13.4. The van der Waals surface area contributed by atoms with E-state index in [9.17, 15) is 4.79 Å². The van der Waals surface area contributed by atoms with Gasteiger partial charge in [-0.3, -0.25) is 4.79 Å². The Bertz CT molecular complexity index is 1010. The van der Waals surface area contributed by atoms with E-state index in [1.807, 2.05) is 53.9 Å². The normalized spacial score (nSPS) is 10.8. The first-order chi connectivity index (χ1) is 12.8. The predicted molar refractivity (Wildman–Crippen MR) is 105 cm³/mol. The summed E-state index contributed by atoms with van der Waals surface area (Å²) < 4.78 is 5.68. The number of benzene rings is 2. The Kier molecular flexibility index (Phi) is 4.71. The van der Waals surface area contributed by atoms with Crippen LogP contribution in [0.4, 0.5) is 5.69 Å². The second-order valence-electron chi connectivity index (χ2n) is 5.96. The highest BCUT2D eigenvalue weighted by Crippen LogP contribution is 2.23. The summed E-state index contributed by atoms with van der Waals surface area (Å²) in [6.07, 6.45) is 0. The van der Waals surface area contributed by atoms with Crippen molar-refractivity contribution < 1.29 is 9.21 Å². The molecule has 0 saturated carbocycles. The summed E-state index contributed by atoms with van der Waals surface area (Å²) >= 11 is 1.62. The molecular weight excluding hydrogens is 344 g/mol. The lowest BCUT2D eigenvalue weighted by Gasteiger charge is -2.06. The zero-order valence-corrected chi connectivity index (χ0v) is 14.9. The standard InChI is InChI=1S/C21H18N2O2S/c24-21(23-14-18-7-4-10-26-18)20-12-16-11-17(8-9-19(16)25-20)22-13-15-5-2-1-3-6-15/h1-12,22H,13-14H2,(H,23,24). The Morgan fingerprint density at radius 1 is 0.962 bits per heavy atom. The van der Waals surface area contributed by atoms with Gasteiger partial charge < -0.3 is 15.1 Å². The van der Waals surface area contributed by atoms with E-state index < -0.39 is 0 Å². The van der Waals surface area contributed by atoms with E-state index in [1.54, 1.807) is 17.4 Å². The van der Waals surface area contributed by atoms with E-state index in [0.29, 0.717) is 17.9 Å². The molecule has 2 aromatic heterocycles. The Hall–Kier alpha value is -3.05. The quantitative estimate of drug-likeness (QED) is 0.505. The second-order valence-corrected chi connectivity index (χ2v) is 7.00. The summed E-state index contributed by atoms with van der Waals surface area (Å²) in [7, 11) is 0. The fourth-order valence-corrected chi connectivity index (χ4v) is 3.38. The Labute approximate surface area is 155 Å². The molecule has 0 saturated heterocycles. The molecule has 0 bridgehead atoms. The summed E-state index contributed by atoms with van der Waals surface area (Å²) in [5.41, 5.74) is 2.91. The van der Waals surface area contributed by atoms with Gasteiger partial charge in [-0.25, -0.2) is 0 Å². The number of furan rings is 1. The number of hydrogen-bond donors (Lipinski definition) is 2. The van der Waals surface area contributed by atoms with Crippen molar-refractivity contribution in [3.63, 3.8) is 0 Å². The second kappa shape index (κ2) is 7.45. The lowest BCUT2D eigenvalue weighted by Crippen LogP contribution is -2.21. The Morgan fingerprint density at radius 3 is 2.65 bits per heavy atom. The van der Waals surface area contributed by atoms with Crippen molar-refractivity contribution in [1.82, 2.24) is 5.32 Å². The van der Waals surface area contributed by atoms with Gasteiger partial charge in [-0.2, -0.15) is 0 Å². The molecule has 0 spiro atoms. The van der Waals surface area contributed by atoms with Crippen LogP contribution in [0.25, 0.3) is 11.0 Å². The SMILES string of the molecule is O=C(NCc1cccs1)c1cc2cc(NCc3ccccc3)ccc2o1. The number of amides is 1. The molecule has 2 aromatic carbocycles. The minimum absolute atomic E-state index is 0.201. The number of carbonyl (C=O) groups is 1. The number of rotatable bonds is 6. The highest BCUT2D eigenvalue weighted by atomic mass is 32.1. The van der Waals surface area contributed by atoms with E-state index in [2.05, 4.69) is 22.8 Å². The molecule has 0 unspecified atom stereocenters. The molecule has 4 nitrogen and oxygen atoms in total. The van der Waals surface area contributed by atoms with Gasteiger partial charge in [0.2, 0.25) is 0 Å². The highest BCUT2D eigenvalue weighted by Gasteiger charge is 2.12. The molecule has 0 aliphatic rings. The van der Waals surface area contributed by atoms with Gasteiger partial charge >= 0.3 is 0 Å². The molecule has 0 atom stereocenters. The van der Waals surface area contributed by atoms with E-state index in [0.717, 1.165) is 22.5 Å². The molecule has 4 rings (SSSR count). The molecule has 4 aromatic rings. The van der Waals surface area contributed by atoms with Crippen LogP contribution in [0.3, 0.4) is 0 Å². The molecular formula is C21H18N2O2S. The minimum atomic E-state index is -0.201. The summed E-state index contributed by atoms with van der Waals surface area (Å²) in [5, 5.41) is 9.18. The maximum Gasteiger partial charge on any atom is 0.287 e. The van der Waals surface area contributed by atoms with Gasteiger partial charge in [0, 0.05) is 22.5 Å². The fraction of sp³-hybridized carbons (Fsp3) is 0.0952. The summed E-state index contributed by atoms with van der Waals surface area (Å²) in [5.74, 6) is 0.130. The number of fused-ring (bicyclic) bond motifs is 1. The molecule has 2 heterocycles. The number of anilines is 1. The molecule has 5 heteroatoms. The molecule has 1 amide bonds. The smallest absolute Gasteiger partial charge is 0.287 e. The third-order valence-electron chi connectivity index (χ3n) is 4.08. The average molecular weight is 362 g/mol. The van der Waals surface area contributed by atoms with Crippen LogP contribution in [0.15, 0.2) is 76.5 Å². The molecule has 2 N–H and O–H groups in total. The zero-order valence-electron chi connectivity index (χ0n) is 14.1. The van der Waals surface area contributed by atoms with Gasteiger partial charge in [0.15, 0.2) is 5.76 Å². The monoisotopic (exact) mass is 362 g/mol. The van der Waals surface area contributed by atoms with Crippen LogP contribution in [0.2, 0.25) is 0 Å². The Morgan fingerprint density at radius 2 is 1.85 bits per heavy atom. The molecule has 130 valence electrons. The van der Waals surface area contributed by atoms with Crippen LogP contribution in [0, 0.1) is 0 Å². The van der Waals surface area contributed by atoms with E-state index in [-0.39, 0.29) is 5.91 Å². The average Bonchev–Trinajstić information content (AvgIpc) is 3.34. The van der Waals surface area contributed by atoms with Gasteiger partial charge in [-0.05, 0) is 41.3 Å². The molecule has 26 heavy (non-hydrogen) atoms. The van der Waals surface area contributed by atoms with Gasteiger partial charge in [-0.1, -0.05) is 36.4 Å². The number of hydrogen-bond acceptors (Lipinski definition) is 4. The van der Waals surface area contributed by atoms with Crippen molar-refractivity contribution in [3.05, 3.63) is 88.3 Å². The van der Waals surface area contributed by atoms with Gasteiger partial charge in [0.25, 0.3) is 5.91 Å². The fourth-order valence-electron chi connectivity index (χ4n) is 2.73. The summed E-state index contributed by atoms with van der Waals surface area (Å²) in [6, 6.07) is 21.8. The van der Waals surface area contributed by atoms with Crippen LogP contribution >= 0.6 is 11.3 Å². The lowest BCUT2D eigenvalue weighted by atomic mass is 10.2. The third kappa shape index (κ3) is 3.78. The van der Waals surface area contributed by atoms with E-state index in [1.165, 1.54) is 5.56 Å². The van der Waals surface area contributed by atoms with Crippen LogP contribution < -0.4 is 10.6 Å². The zero-order chi connectivity index (χ0) is 17.8. The molecule has 0 fully saturated rings. The van der Waals surface area contributed by atoms with E-state index >= 15 is 0 Å². The van der Waals surface area contributed by atoms with Gasteiger partial charge in [0.1, 0.15) is 5.58 Å². The van der Waals surface area contributed by atoms with Crippen molar-refractivity contribution in [3.8, 4) is 0 Å². The maximum atomic E-state index is 12.3. The topological polar surface area (TPSA) is 54.3 Å². The van der Waals surface area contributed by atoms with Crippen LogP contribution in [-0.2, 0) is 13.1 Å². The third-order valence-corrected chi connectivity index (χ3v) is 4.96. The summed E-state index contributed by atoms with van der Waals surface area (Å²) in [6.45, 7) is 1.26. The number of thiophene rings is 1. The highest BCUT2D eigenvalue weighted by molar-refractivity contribution is 7.09. The van der Waals surface area contributed by atoms with E-state index in [4.69, 9.17) is 4.42 Å². The number of carbonyl (C=O) groups excluding carboxylic acids is 1. The molecule has 0 radical (unpaired) electrons. The predicted octanol–water partition coefficient (Wildman–Crippen LogP) is 5.04. The van der Waals surface area contributed by atoms with Gasteiger partial charge in [-0.15, -0.1) is 11.3 Å². The first-order valence-corrected chi connectivity index (χ1v) is 9.28. The molecule has 0 aliphatic carbocycles. The first-order valence-electron chi connectivity index (χ1n) is 8.40. The number of nitrogens with one attached hydrogen (secondary N) is 2. The first kappa shape index (κ1) is 16.4. The van der Waals surface area contributed by atoms with Crippen LogP contribution in [0.5, 0.6) is 0 Å². The molecule has 0 aliphatic heterocycles. The van der Waals surface area contributed by atoms with Crippen LogP contribution in [0.1, 0.15) is 21.0 Å².